The normalized spacial score (nSPS) is 10.5. The van der Waals surface area contributed by atoms with E-state index in [1.165, 1.54) is 5.69 Å². The molecular formula is C11H18N6. The molecule has 0 atom stereocenters. The SMILES string of the molecule is CN(C)c1n[nH]c(N(C)CCc2ccc[nH]2)n1. The fourth-order valence-electron chi connectivity index (χ4n) is 1.53. The molecule has 6 nitrogen and oxygen atoms in total. The minimum absolute atomic E-state index is 0.701. The van der Waals surface area contributed by atoms with Crippen molar-refractivity contribution in [3.63, 3.8) is 0 Å². The maximum absolute atomic E-state index is 4.38. The van der Waals surface area contributed by atoms with Gasteiger partial charge < -0.3 is 14.8 Å². The molecule has 92 valence electrons. The number of nitrogens with zero attached hydrogens (tertiary/aromatic N) is 4. The van der Waals surface area contributed by atoms with Gasteiger partial charge in [0.25, 0.3) is 0 Å². The molecule has 2 heterocycles. The van der Waals surface area contributed by atoms with Gasteiger partial charge in [0, 0.05) is 46.0 Å². The minimum atomic E-state index is 0.701. The highest BCUT2D eigenvalue weighted by Crippen LogP contribution is 2.10. The summed E-state index contributed by atoms with van der Waals surface area (Å²) >= 11 is 0. The third-order valence-electron chi connectivity index (χ3n) is 2.60. The molecule has 0 radical (unpaired) electrons. The highest BCUT2D eigenvalue weighted by atomic mass is 15.4. The Hall–Kier alpha value is -1.98. The van der Waals surface area contributed by atoms with Gasteiger partial charge in [-0.15, -0.1) is 5.10 Å². The molecule has 0 unspecified atom stereocenters. The smallest absolute Gasteiger partial charge is 0.245 e. The van der Waals surface area contributed by atoms with E-state index in [-0.39, 0.29) is 0 Å². The Bertz CT molecular complexity index is 444. The Labute approximate surface area is 101 Å². The van der Waals surface area contributed by atoms with Gasteiger partial charge >= 0.3 is 0 Å². The van der Waals surface area contributed by atoms with Crippen LogP contribution in [-0.4, -0.2) is 47.9 Å². The summed E-state index contributed by atoms with van der Waals surface area (Å²) in [6.45, 7) is 0.891. The maximum atomic E-state index is 4.38. The van der Waals surface area contributed by atoms with Crippen molar-refractivity contribution < 1.29 is 0 Å². The van der Waals surface area contributed by atoms with Crippen molar-refractivity contribution in [2.24, 2.45) is 0 Å². The van der Waals surface area contributed by atoms with Crippen molar-refractivity contribution in [2.75, 3.05) is 37.5 Å². The van der Waals surface area contributed by atoms with E-state index < -0.39 is 0 Å². The van der Waals surface area contributed by atoms with Crippen LogP contribution in [0, 0.1) is 0 Å². The molecule has 0 fully saturated rings. The highest BCUT2D eigenvalue weighted by molar-refractivity contribution is 5.36. The monoisotopic (exact) mass is 234 g/mol. The zero-order valence-electron chi connectivity index (χ0n) is 10.4. The maximum Gasteiger partial charge on any atom is 0.245 e. The first-order valence-electron chi connectivity index (χ1n) is 5.60. The predicted octanol–water partition coefficient (Wildman–Crippen LogP) is 0.878. The first-order chi connectivity index (χ1) is 8.16. The number of rotatable bonds is 5. The minimum Gasteiger partial charge on any atom is -0.365 e. The van der Waals surface area contributed by atoms with E-state index in [1.807, 2.05) is 38.3 Å². The fraction of sp³-hybridized carbons (Fsp3) is 0.455. The summed E-state index contributed by atoms with van der Waals surface area (Å²) in [6.07, 6.45) is 2.90. The van der Waals surface area contributed by atoms with Gasteiger partial charge in [-0.3, -0.25) is 0 Å². The van der Waals surface area contributed by atoms with E-state index in [1.54, 1.807) is 0 Å². The lowest BCUT2D eigenvalue weighted by molar-refractivity contribution is 0.828. The average Bonchev–Trinajstić information content (AvgIpc) is 2.96. The largest absolute Gasteiger partial charge is 0.365 e. The molecule has 2 rings (SSSR count). The van der Waals surface area contributed by atoms with E-state index in [4.69, 9.17) is 0 Å². The number of hydrogen-bond donors (Lipinski definition) is 2. The van der Waals surface area contributed by atoms with Crippen LogP contribution in [0.25, 0.3) is 0 Å². The Balaban J connectivity index is 1.92. The molecule has 2 N–H and O–H groups in total. The molecule has 17 heavy (non-hydrogen) atoms. The zero-order valence-corrected chi connectivity index (χ0v) is 10.4. The van der Waals surface area contributed by atoms with Gasteiger partial charge in [-0.05, 0) is 12.1 Å². The third kappa shape index (κ3) is 2.77. The quantitative estimate of drug-likeness (QED) is 0.806. The molecule has 0 bridgehead atoms. The molecule has 2 aromatic rings. The number of aromatic nitrogens is 4. The number of likely N-dealkylation sites (N-methyl/N-ethyl adjacent to an activating group) is 1. The van der Waals surface area contributed by atoms with Crippen molar-refractivity contribution in [1.82, 2.24) is 20.2 Å². The molecular weight excluding hydrogens is 216 g/mol. The van der Waals surface area contributed by atoms with Crippen molar-refractivity contribution in [3.8, 4) is 0 Å². The number of anilines is 2. The van der Waals surface area contributed by atoms with E-state index in [0.717, 1.165) is 18.9 Å². The summed E-state index contributed by atoms with van der Waals surface area (Å²) in [5, 5.41) is 7.05. The van der Waals surface area contributed by atoms with E-state index in [2.05, 4.69) is 31.1 Å². The van der Waals surface area contributed by atoms with Gasteiger partial charge in [-0.1, -0.05) is 0 Å². The summed E-state index contributed by atoms with van der Waals surface area (Å²) in [5.74, 6) is 1.49. The molecule has 0 aliphatic carbocycles. The van der Waals surface area contributed by atoms with Crippen LogP contribution >= 0.6 is 0 Å². The Morgan fingerprint density at radius 3 is 2.71 bits per heavy atom. The second-order valence-electron chi connectivity index (χ2n) is 4.22. The fourth-order valence-corrected chi connectivity index (χ4v) is 1.53. The first-order valence-corrected chi connectivity index (χ1v) is 5.60. The molecule has 0 aromatic carbocycles. The van der Waals surface area contributed by atoms with Crippen LogP contribution < -0.4 is 9.80 Å². The van der Waals surface area contributed by atoms with E-state index in [9.17, 15) is 0 Å². The zero-order chi connectivity index (χ0) is 12.3. The van der Waals surface area contributed by atoms with Gasteiger partial charge in [0.1, 0.15) is 0 Å². The average molecular weight is 234 g/mol. The third-order valence-corrected chi connectivity index (χ3v) is 2.60. The van der Waals surface area contributed by atoms with Crippen LogP contribution in [0.2, 0.25) is 0 Å². The topological polar surface area (TPSA) is 63.8 Å². The lowest BCUT2D eigenvalue weighted by Crippen LogP contribution is -2.21. The predicted molar refractivity (Wildman–Crippen MR) is 68.5 cm³/mol. The summed E-state index contributed by atoms with van der Waals surface area (Å²) in [5.41, 5.74) is 1.23. The summed E-state index contributed by atoms with van der Waals surface area (Å²) in [4.78, 5) is 11.5. The summed E-state index contributed by atoms with van der Waals surface area (Å²) in [6, 6.07) is 4.09. The molecule has 0 spiro atoms. The number of H-pyrrole nitrogens is 2. The molecule has 0 saturated carbocycles. The molecule has 0 aliphatic heterocycles. The van der Waals surface area contributed by atoms with Crippen LogP contribution in [0.3, 0.4) is 0 Å². The first kappa shape index (κ1) is 11.5. The lowest BCUT2D eigenvalue weighted by atomic mass is 10.3. The molecule has 0 amide bonds. The van der Waals surface area contributed by atoms with Crippen molar-refractivity contribution >= 4 is 11.9 Å². The van der Waals surface area contributed by atoms with Crippen LogP contribution in [0.1, 0.15) is 5.69 Å². The van der Waals surface area contributed by atoms with Crippen molar-refractivity contribution in [3.05, 3.63) is 24.0 Å². The number of hydrogen-bond acceptors (Lipinski definition) is 4. The molecule has 6 heteroatoms. The van der Waals surface area contributed by atoms with Gasteiger partial charge in [0.2, 0.25) is 11.9 Å². The van der Waals surface area contributed by atoms with Crippen LogP contribution in [-0.2, 0) is 6.42 Å². The summed E-state index contributed by atoms with van der Waals surface area (Å²) < 4.78 is 0. The van der Waals surface area contributed by atoms with E-state index >= 15 is 0 Å². The van der Waals surface area contributed by atoms with Crippen molar-refractivity contribution in [2.45, 2.75) is 6.42 Å². The lowest BCUT2D eigenvalue weighted by Gasteiger charge is -2.14. The van der Waals surface area contributed by atoms with E-state index in [0.29, 0.717) is 5.95 Å². The standard InChI is InChI=1S/C11H18N6/c1-16(2)10-13-11(15-14-10)17(3)8-6-9-5-4-7-12-9/h4-5,7,12H,6,8H2,1-3H3,(H,13,14,15). The van der Waals surface area contributed by atoms with Gasteiger partial charge in [-0.25, -0.2) is 5.10 Å². The van der Waals surface area contributed by atoms with Crippen LogP contribution in [0.4, 0.5) is 11.9 Å². The summed E-state index contributed by atoms with van der Waals surface area (Å²) in [7, 11) is 5.85. The Morgan fingerprint density at radius 2 is 2.12 bits per heavy atom. The van der Waals surface area contributed by atoms with Crippen LogP contribution in [0.5, 0.6) is 0 Å². The second-order valence-corrected chi connectivity index (χ2v) is 4.22. The highest BCUT2D eigenvalue weighted by Gasteiger charge is 2.08. The Morgan fingerprint density at radius 1 is 1.29 bits per heavy atom. The number of nitrogens with one attached hydrogen (secondary N) is 2. The van der Waals surface area contributed by atoms with Gasteiger partial charge in [-0.2, -0.15) is 4.98 Å². The molecule has 2 aromatic heterocycles. The Kier molecular flexibility index (Phi) is 3.32. The van der Waals surface area contributed by atoms with Crippen molar-refractivity contribution in [1.29, 1.82) is 0 Å². The van der Waals surface area contributed by atoms with Gasteiger partial charge in [0.15, 0.2) is 0 Å². The van der Waals surface area contributed by atoms with Crippen LogP contribution in [0.15, 0.2) is 18.3 Å². The molecule has 0 aliphatic rings. The molecule has 0 saturated heterocycles. The second kappa shape index (κ2) is 4.90. The van der Waals surface area contributed by atoms with Gasteiger partial charge in [0.05, 0.1) is 0 Å². The number of aromatic amines is 2.